The second-order valence-corrected chi connectivity index (χ2v) is 5.22. The summed E-state index contributed by atoms with van der Waals surface area (Å²) >= 11 is 0. The zero-order valence-electron chi connectivity index (χ0n) is 12.1. The van der Waals surface area contributed by atoms with E-state index in [0.717, 1.165) is 22.4 Å². The highest BCUT2D eigenvalue weighted by molar-refractivity contribution is 5.96. The summed E-state index contributed by atoms with van der Waals surface area (Å²) in [6.45, 7) is 1.96. The molecule has 0 aromatic heterocycles. The van der Waals surface area contributed by atoms with Crippen molar-refractivity contribution in [2.24, 2.45) is 0 Å². The lowest BCUT2D eigenvalue weighted by atomic mass is 9.99. The van der Waals surface area contributed by atoms with Gasteiger partial charge in [0.2, 0.25) is 5.91 Å². The largest absolute Gasteiger partial charge is 0.478 e. The van der Waals surface area contributed by atoms with Crippen molar-refractivity contribution in [1.82, 2.24) is 0 Å². The van der Waals surface area contributed by atoms with E-state index in [1.807, 2.05) is 36.4 Å². The van der Waals surface area contributed by atoms with Gasteiger partial charge >= 0.3 is 5.97 Å². The van der Waals surface area contributed by atoms with Crippen molar-refractivity contribution in [3.05, 3.63) is 64.7 Å². The number of carbonyl (C=O) groups is 2. The van der Waals surface area contributed by atoms with Gasteiger partial charge in [0.15, 0.2) is 0 Å². The molecule has 1 aliphatic rings. The highest BCUT2D eigenvalue weighted by Crippen LogP contribution is 2.29. The van der Waals surface area contributed by atoms with Gasteiger partial charge in [-0.15, -0.1) is 0 Å². The standard InChI is InChI=1S/C18H15NO3/c1-12(20)19-11-16-9-8-15(18(21)22)10-14(16)7-6-13-4-2-3-5-17(13)19/h2-10H,11H2,1H3,(H,21,22). The summed E-state index contributed by atoms with van der Waals surface area (Å²) in [6, 6.07) is 12.6. The van der Waals surface area contributed by atoms with E-state index in [1.165, 1.54) is 6.92 Å². The summed E-state index contributed by atoms with van der Waals surface area (Å²) in [5.74, 6) is -1.00. The molecule has 0 atom stereocenters. The van der Waals surface area contributed by atoms with E-state index in [-0.39, 0.29) is 11.5 Å². The minimum atomic E-state index is -0.956. The van der Waals surface area contributed by atoms with Gasteiger partial charge in [0.25, 0.3) is 0 Å². The van der Waals surface area contributed by atoms with Gasteiger partial charge in [-0.1, -0.05) is 36.4 Å². The van der Waals surface area contributed by atoms with Crippen LogP contribution in [0.3, 0.4) is 0 Å². The molecule has 2 aromatic rings. The fourth-order valence-corrected chi connectivity index (χ4v) is 2.62. The van der Waals surface area contributed by atoms with E-state index in [2.05, 4.69) is 0 Å². The first-order valence-electron chi connectivity index (χ1n) is 6.97. The Hall–Kier alpha value is -2.88. The van der Waals surface area contributed by atoms with Crippen molar-refractivity contribution in [1.29, 1.82) is 0 Å². The number of benzene rings is 2. The Kier molecular flexibility index (Phi) is 3.51. The van der Waals surface area contributed by atoms with Crippen LogP contribution in [-0.2, 0) is 11.3 Å². The van der Waals surface area contributed by atoms with Crippen LogP contribution in [0.2, 0.25) is 0 Å². The Morgan fingerprint density at radius 3 is 2.50 bits per heavy atom. The molecule has 0 spiro atoms. The van der Waals surface area contributed by atoms with Crippen LogP contribution < -0.4 is 4.90 Å². The Morgan fingerprint density at radius 1 is 1.05 bits per heavy atom. The summed E-state index contributed by atoms with van der Waals surface area (Å²) < 4.78 is 0. The summed E-state index contributed by atoms with van der Waals surface area (Å²) in [7, 11) is 0. The lowest BCUT2D eigenvalue weighted by molar-refractivity contribution is -0.116. The summed E-state index contributed by atoms with van der Waals surface area (Å²) in [6.07, 6.45) is 3.81. The third kappa shape index (κ3) is 2.51. The van der Waals surface area contributed by atoms with Crippen LogP contribution in [0.25, 0.3) is 12.2 Å². The average molecular weight is 293 g/mol. The molecule has 4 nitrogen and oxygen atoms in total. The van der Waals surface area contributed by atoms with Gasteiger partial charge in [0.1, 0.15) is 0 Å². The molecule has 4 heteroatoms. The maximum atomic E-state index is 12.0. The third-order valence-electron chi connectivity index (χ3n) is 3.77. The van der Waals surface area contributed by atoms with E-state index in [1.54, 1.807) is 23.1 Å². The Balaban J connectivity index is 2.17. The van der Waals surface area contributed by atoms with Crippen molar-refractivity contribution in [2.45, 2.75) is 13.5 Å². The highest BCUT2D eigenvalue weighted by atomic mass is 16.4. The Morgan fingerprint density at radius 2 is 1.77 bits per heavy atom. The number of hydrogen-bond acceptors (Lipinski definition) is 2. The van der Waals surface area contributed by atoms with Gasteiger partial charge in [0.05, 0.1) is 17.8 Å². The zero-order chi connectivity index (χ0) is 15.7. The second kappa shape index (κ2) is 5.48. The Labute approximate surface area is 128 Å². The van der Waals surface area contributed by atoms with Crippen LogP contribution in [0.15, 0.2) is 42.5 Å². The van der Waals surface area contributed by atoms with Crippen molar-refractivity contribution in [2.75, 3.05) is 4.90 Å². The van der Waals surface area contributed by atoms with Gasteiger partial charge in [-0.2, -0.15) is 0 Å². The lowest BCUT2D eigenvalue weighted by Gasteiger charge is -2.26. The first-order chi connectivity index (χ1) is 10.6. The van der Waals surface area contributed by atoms with Crippen molar-refractivity contribution >= 4 is 29.7 Å². The number of para-hydroxylation sites is 1. The normalized spacial score (nSPS) is 12.9. The number of hydrogen-bond donors (Lipinski definition) is 1. The SMILES string of the molecule is CC(=O)N1Cc2ccc(C(=O)O)cc2C=Cc2ccccc21. The van der Waals surface area contributed by atoms with Crippen molar-refractivity contribution in [3.63, 3.8) is 0 Å². The molecular weight excluding hydrogens is 278 g/mol. The number of amides is 1. The number of nitrogens with zero attached hydrogens (tertiary/aromatic N) is 1. The van der Waals surface area contributed by atoms with Gasteiger partial charge in [-0.25, -0.2) is 4.79 Å². The van der Waals surface area contributed by atoms with E-state index in [0.29, 0.717) is 6.54 Å². The number of aromatic carboxylic acids is 1. The first kappa shape index (κ1) is 14.1. The molecule has 3 rings (SSSR count). The van der Waals surface area contributed by atoms with E-state index in [4.69, 9.17) is 5.11 Å². The summed E-state index contributed by atoms with van der Waals surface area (Å²) in [5, 5.41) is 9.12. The average Bonchev–Trinajstić information content (AvgIpc) is 2.48. The molecule has 0 fully saturated rings. The maximum Gasteiger partial charge on any atom is 0.335 e. The molecule has 22 heavy (non-hydrogen) atoms. The fraction of sp³-hybridized carbons (Fsp3) is 0.111. The summed E-state index contributed by atoms with van der Waals surface area (Å²) in [4.78, 5) is 24.8. The maximum absolute atomic E-state index is 12.0. The first-order valence-corrected chi connectivity index (χ1v) is 6.97. The van der Waals surface area contributed by atoms with Crippen molar-refractivity contribution < 1.29 is 14.7 Å². The van der Waals surface area contributed by atoms with Crippen LogP contribution in [0, 0.1) is 0 Å². The van der Waals surface area contributed by atoms with Crippen molar-refractivity contribution in [3.8, 4) is 0 Å². The molecule has 1 N–H and O–H groups in total. The molecule has 0 aliphatic carbocycles. The molecule has 1 aliphatic heterocycles. The molecule has 0 unspecified atom stereocenters. The van der Waals surface area contributed by atoms with Gasteiger partial charge in [-0.3, -0.25) is 4.79 Å². The van der Waals surface area contributed by atoms with Crippen LogP contribution in [0.5, 0.6) is 0 Å². The van der Waals surface area contributed by atoms with Crippen LogP contribution in [-0.4, -0.2) is 17.0 Å². The second-order valence-electron chi connectivity index (χ2n) is 5.22. The predicted molar refractivity (Wildman–Crippen MR) is 85.6 cm³/mol. The highest BCUT2D eigenvalue weighted by Gasteiger charge is 2.18. The molecule has 0 saturated carbocycles. The molecular formula is C18H15NO3. The zero-order valence-corrected chi connectivity index (χ0v) is 12.1. The van der Waals surface area contributed by atoms with E-state index >= 15 is 0 Å². The smallest absolute Gasteiger partial charge is 0.335 e. The van der Waals surface area contributed by atoms with Crippen LogP contribution >= 0.6 is 0 Å². The molecule has 2 aromatic carbocycles. The third-order valence-corrected chi connectivity index (χ3v) is 3.77. The number of fused-ring (bicyclic) bond motifs is 2. The monoisotopic (exact) mass is 293 g/mol. The summed E-state index contributed by atoms with van der Waals surface area (Å²) in [5.41, 5.74) is 3.78. The number of carbonyl (C=O) groups excluding carboxylic acids is 1. The fourth-order valence-electron chi connectivity index (χ4n) is 2.62. The molecule has 0 radical (unpaired) electrons. The number of carboxylic acids is 1. The lowest BCUT2D eigenvalue weighted by Crippen LogP contribution is -2.29. The number of carboxylic acid groups (broad SMARTS) is 1. The molecule has 0 saturated heterocycles. The van der Waals surface area contributed by atoms with E-state index < -0.39 is 5.97 Å². The molecule has 1 amide bonds. The van der Waals surface area contributed by atoms with Gasteiger partial charge in [0, 0.05) is 6.92 Å². The topological polar surface area (TPSA) is 57.6 Å². The van der Waals surface area contributed by atoms with Gasteiger partial charge < -0.3 is 10.0 Å². The van der Waals surface area contributed by atoms with Crippen LogP contribution in [0.1, 0.15) is 34.0 Å². The van der Waals surface area contributed by atoms with Crippen LogP contribution in [0.4, 0.5) is 5.69 Å². The minimum Gasteiger partial charge on any atom is -0.478 e. The Bertz CT molecular complexity index is 793. The number of anilines is 1. The molecule has 1 heterocycles. The number of rotatable bonds is 1. The van der Waals surface area contributed by atoms with Gasteiger partial charge in [-0.05, 0) is 34.9 Å². The minimum absolute atomic E-state index is 0.0454. The molecule has 110 valence electrons. The van der Waals surface area contributed by atoms with E-state index in [9.17, 15) is 9.59 Å². The molecule has 0 bridgehead atoms. The predicted octanol–water partition coefficient (Wildman–Crippen LogP) is 3.42. The quantitative estimate of drug-likeness (QED) is 0.876.